The van der Waals surface area contributed by atoms with Gasteiger partial charge >= 0.3 is 0 Å². The Hall–Kier alpha value is -0.410. The highest BCUT2D eigenvalue weighted by Gasteiger charge is 2.24. The molecule has 17 heavy (non-hydrogen) atoms. The molecule has 1 nitrogen and oxygen atoms in total. The molecular weight excluding hydrogens is 281 g/mol. The van der Waals surface area contributed by atoms with E-state index in [2.05, 4.69) is 21.2 Å². The normalized spacial score (nSPS) is 18.5. The summed E-state index contributed by atoms with van der Waals surface area (Å²) < 4.78 is 14.1. The van der Waals surface area contributed by atoms with Gasteiger partial charge in [-0.25, -0.2) is 4.39 Å². The number of rotatable bonds is 4. The second kappa shape index (κ2) is 5.96. The SMILES string of the molecule is CNC(Cc1cccc(F)c1Br)C1CCCC1. The van der Waals surface area contributed by atoms with E-state index in [0.29, 0.717) is 10.5 Å². The average molecular weight is 300 g/mol. The van der Waals surface area contributed by atoms with E-state index in [1.807, 2.05) is 13.1 Å². The lowest BCUT2D eigenvalue weighted by Crippen LogP contribution is -2.34. The van der Waals surface area contributed by atoms with Crippen LogP contribution in [-0.4, -0.2) is 13.1 Å². The number of halogens is 2. The molecule has 0 spiro atoms. The molecule has 1 aliphatic carbocycles. The van der Waals surface area contributed by atoms with Gasteiger partial charge in [0.25, 0.3) is 0 Å². The van der Waals surface area contributed by atoms with Gasteiger partial charge in [-0.05, 0) is 59.8 Å². The van der Waals surface area contributed by atoms with Crippen molar-refractivity contribution in [3.63, 3.8) is 0 Å². The van der Waals surface area contributed by atoms with Crippen LogP contribution in [0.1, 0.15) is 31.2 Å². The van der Waals surface area contributed by atoms with Crippen molar-refractivity contribution in [3.05, 3.63) is 34.1 Å². The van der Waals surface area contributed by atoms with Crippen molar-refractivity contribution in [2.45, 2.75) is 38.1 Å². The minimum Gasteiger partial charge on any atom is -0.316 e. The van der Waals surface area contributed by atoms with E-state index >= 15 is 0 Å². The number of nitrogens with one attached hydrogen (secondary N) is 1. The third-order valence-corrected chi connectivity index (χ3v) is 4.70. The summed E-state index contributed by atoms with van der Waals surface area (Å²) in [4.78, 5) is 0. The lowest BCUT2D eigenvalue weighted by atomic mass is 9.92. The Kier molecular flexibility index (Phi) is 4.57. The molecule has 1 N–H and O–H groups in total. The first kappa shape index (κ1) is 13.0. The Morgan fingerprint density at radius 2 is 2.12 bits per heavy atom. The van der Waals surface area contributed by atoms with Gasteiger partial charge in [0, 0.05) is 6.04 Å². The van der Waals surface area contributed by atoms with Gasteiger partial charge in [0.05, 0.1) is 4.47 Å². The molecule has 0 heterocycles. The van der Waals surface area contributed by atoms with Gasteiger partial charge in [-0.15, -0.1) is 0 Å². The maximum absolute atomic E-state index is 13.4. The van der Waals surface area contributed by atoms with Crippen LogP contribution in [0.5, 0.6) is 0 Å². The molecule has 1 aromatic carbocycles. The molecule has 0 bridgehead atoms. The van der Waals surface area contributed by atoms with Crippen molar-refractivity contribution in [3.8, 4) is 0 Å². The summed E-state index contributed by atoms with van der Waals surface area (Å²) in [6, 6.07) is 5.76. The van der Waals surface area contributed by atoms with E-state index in [9.17, 15) is 4.39 Å². The fourth-order valence-electron chi connectivity index (χ4n) is 2.81. The molecule has 2 rings (SSSR count). The second-order valence-corrected chi connectivity index (χ2v) is 5.65. The summed E-state index contributed by atoms with van der Waals surface area (Å²) in [7, 11) is 2.01. The fourth-order valence-corrected chi connectivity index (χ4v) is 3.23. The third-order valence-electron chi connectivity index (χ3n) is 3.81. The summed E-state index contributed by atoms with van der Waals surface area (Å²) in [5.74, 6) is 0.582. The highest BCUT2D eigenvalue weighted by atomic mass is 79.9. The van der Waals surface area contributed by atoms with Crippen LogP contribution in [0.25, 0.3) is 0 Å². The van der Waals surface area contributed by atoms with Crippen LogP contribution in [-0.2, 0) is 6.42 Å². The first-order valence-corrected chi connectivity index (χ1v) is 7.12. The van der Waals surface area contributed by atoms with Crippen LogP contribution < -0.4 is 5.32 Å². The van der Waals surface area contributed by atoms with Crippen molar-refractivity contribution >= 4 is 15.9 Å². The molecule has 1 saturated carbocycles. The monoisotopic (exact) mass is 299 g/mol. The zero-order valence-electron chi connectivity index (χ0n) is 10.2. The van der Waals surface area contributed by atoms with Gasteiger partial charge in [0.2, 0.25) is 0 Å². The Morgan fingerprint density at radius 1 is 1.41 bits per heavy atom. The van der Waals surface area contributed by atoms with Gasteiger partial charge in [-0.3, -0.25) is 0 Å². The quantitative estimate of drug-likeness (QED) is 0.889. The van der Waals surface area contributed by atoms with Crippen molar-refractivity contribution in [1.29, 1.82) is 0 Å². The summed E-state index contributed by atoms with van der Waals surface area (Å²) in [5.41, 5.74) is 1.07. The number of hydrogen-bond donors (Lipinski definition) is 1. The molecule has 1 unspecified atom stereocenters. The van der Waals surface area contributed by atoms with Crippen LogP contribution in [0.4, 0.5) is 4.39 Å². The number of hydrogen-bond acceptors (Lipinski definition) is 1. The highest BCUT2D eigenvalue weighted by Crippen LogP contribution is 2.30. The van der Waals surface area contributed by atoms with E-state index in [0.717, 1.165) is 17.9 Å². The van der Waals surface area contributed by atoms with Crippen molar-refractivity contribution < 1.29 is 4.39 Å². The molecule has 0 saturated heterocycles. The lowest BCUT2D eigenvalue weighted by molar-refractivity contribution is 0.376. The van der Waals surface area contributed by atoms with E-state index < -0.39 is 0 Å². The zero-order valence-corrected chi connectivity index (χ0v) is 11.8. The van der Waals surface area contributed by atoms with Crippen LogP contribution in [0, 0.1) is 11.7 Å². The summed E-state index contributed by atoms with van der Waals surface area (Å²) in [5, 5.41) is 3.40. The zero-order chi connectivity index (χ0) is 12.3. The van der Waals surface area contributed by atoms with E-state index in [4.69, 9.17) is 0 Å². The maximum atomic E-state index is 13.4. The Balaban J connectivity index is 2.09. The van der Waals surface area contributed by atoms with Crippen LogP contribution in [0.3, 0.4) is 0 Å². The Bertz CT molecular complexity index is 374. The van der Waals surface area contributed by atoms with Gasteiger partial charge in [0.15, 0.2) is 0 Å². The standard InChI is InChI=1S/C14H19BrFN/c1-17-13(10-5-2-3-6-10)9-11-7-4-8-12(16)14(11)15/h4,7-8,10,13,17H,2-3,5-6,9H2,1H3. The maximum Gasteiger partial charge on any atom is 0.137 e. The molecule has 0 radical (unpaired) electrons. The van der Waals surface area contributed by atoms with Crippen LogP contribution in [0.2, 0.25) is 0 Å². The first-order valence-electron chi connectivity index (χ1n) is 6.32. The van der Waals surface area contributed by atoms with Crippen molar-refractivity contribution in [2.75, 3.05) is 7.05 Å². The van der Waals surface area contributed by atoms with Gasteiger partial charge in [-0.2, -0.15) is 0 Å². The summed E-state index contributed by atoms with van der Waals surface area (Å²) in [6.45, 7) is 0. The molecule has 0 amide bonds. The van der Waals surface area contributed by atoms with Gasteiger partial charge in [0.1, 0.15) is 5.82 Å². The molecule has 0 aromatic heterocycles. The van der Waals surface area contributed by atoms with E-state index in [1.54, 1.807) is 6.07 Å². The summed E-state index contributed by atoms with van der Waals surface area (Å²) in [6.07, 6.45) is 6.19. The molecular formula is C14H19BrFN. The topological polar surface area (TPSA) is 12.0 Å². The predicted molar refractivity (Wildman–Crippen MR) is 72.6 cm³/mol. The average Bonchev–Trinajstić information content (AvgIpc) is 2.85. The fraction of sp³-hybridized carbons (Fsp3) is 0.571. The molecule has 3 heteroatoms. The highest BCUT2D eigenvalue weighted by molar-refractivity contribution is 9.10. The minimum atomic E-state index is -0.163. The van der Waals surface area contributed by atoms with Crippen LogP contribution in [0.15, 0.2) is 22.7 Å². The Morgan fingerprint density at radius 3 is 2.76 bits per heavy atom. The van der Waals surface area contributed by atoms with E-state index in [1.165, 1.54) is 31.7 Å². The predicted octanol–water partition coefficient (Wildman–Crippen LogP) is 3.91. The molecule has 1 fully saturated rings. The first-order chi connectivity index (χ1) is 8.22. The summed E-state index contributed by atoms with van der Waals surface area (Å²) >= 11 is 3.34. The van der Waals surface area contributed by atoms with Crippen molar-refractivity contribution in [2.24, 2.45) is 5.92 Å². The lowest BCUT2D eigenvalue weighted by Gasteiger charge is -2.23. The molecule has 1 aromatic rings. The second-order valence-electron chi connectivity index (χ2n) is 4.86. The number of likely N-dealkylation sites (N-methyl/N-ethyl adjacent to an activating group) is 1. The van der Waals surface area contributed by atoms with Gasteiger partial charge < -0.3 is 5.32 Å². The van der Waals surface area contributed by atoms with Crippen molar-refractivity contribution in [1.82, 2.24) is 5.32 Å². The molecule has 94 valence electrons. The van der Waals surface area contributed by atoms with Gasteiger partial charge in [-0.1, -0.05) is 25.0 Å². The Labute approximate surface area is 111 Å². The minimum absolute atomic E-state index is 0.163. The third kappa shape index (κ3) is 3.08. The largest absolute Gasteiger partial charge is 0.316 e. The van der Waals surface area contributed by atoms with E-state index in [-0.39, 0.29) is 5.82 Å². The van der Waals surface area contributed by atoms with Crippen LogP contribution >= 0.6 is 15.9 Å². The molecule has 0 aliphatic heterocycles. The number of benzene rings is 1. The molecule has 1 atom stereocenters. The molecule has 1 aliphatic rings. The smallest absolute Gasteiger partial charge is 0.137 e.